The van der Waals surface area contributed by atoms with E-state index < -0.39 is 18.2 Å². The summed E-state index contributed by atoms with van der Waals surface area (Å²) in [4.78, 5) is 1.67. The molecule has 1 heterocycles. The minimum atomic E-state index is -4.16. The average molecular weight is 347 g/mol. The molecule has 0 saturated carbocycles. The Hall–Kier alpha value is -1.31. The molecule has 2 rings (SSSR count). The van der Waals surface area contributed by atoms with Crippen molar-refractivity contribution < 1.29 is 27.8 Å². The molecule has 1 N–H and O–H groups in total. The minimum absolute atomic E-state index is 0.0426. The van der Waals surface area contributed by atoms with Crippen LogP contribution in [0.2, 0.25) is 0 Å². The molecule has 136 valence electrons. The summed E-state index contributed by atoms with van der Waals surface area (Å²) in [5.41, 5.74) is 0.943. The van der Waals surface area contributed by atoms with Crippen molar-refractivity contribution in [3.05, 3.63) is 29.8 Å². The number of β-amino-alcohol motifs (C(OH)–C–C–N with tert-alkyl or cyclic N) is 1. The summed E-state index contributed by atoms with van der Waals surface area (Å²) >= 11 is 0. The van der Waals surface area contributed by atoms with E-state index in [-0.39, 0.29) is 26.1 Å². The first-order valence-electron chi connectivity index (χ1n) is 8.06. The van der Waals surface area contributed by atoms with Gasteiger partial charge < -0.3 is 19.5 Å². The van der Waals surface area contributed by atoms with E-state index in [2.05, 4.69) is 0 Å². The van der Waals surface area contributed by atoms with Gasteiger partial charge >= 0.3 is 6.18 Å². The van der Waals surface area contributed by atoms with Crippen molar-refractivity contribution in [2.24, 2.45) is 5.92 Å². The Balaban J connectivity index is 1.69. The Morgan fingerprint density at radius 2 is 2.00 bits per heavy atom. The van der Waals surface area contributed by atoms with E-state index in [4.69, 9.17) is 9.47 Å². The van der Waals surface area contributed by atoms with E-state index >= 15 is 0 Å². The number of methoxy groups -OCH3 is 1. The number of aliphatic hydroxyl groups is 1. The van der Waals surface area contributed by atoms with Crippen LogP contribution in [0.5, 0.6) is 5.75 Å². The normalized spacial score (nSPS) is 20.8. The topological polar surface area (TPSA) is 41.9 Å². The molecule has 1 aliphatic heterocycles. The summed E-state index contributed by atoms with van der Waals surface area (Å²) in [6, 6.07) is 7.37. The van der Waals surface area contributed by atoms with Crippen LogP contribution >= 0.6 is 0 Å². The van der Waals surface area contributed by atoms with Gasteiger partial charge in [-0.2, -0.15) is 13.2 Å². The third-order valence-electron chi connectivity index (χ3n) is 4.18. The number of halogens is 3. The minimum Gasteiger partial charge on any atom is -0.497 e. The molecule has 2 atom stereocenters. The molecule has 1 aromatic carbocycles. The number of piperidine rings is 1. The first-order valence-corrected chi connectivity index (χ1v) is 8.06. The molecule has 0 amide bonds. The average Bonchev–Trinajstić information content (AvgIpc) is 2.55. The molecule has 1 aromatic rings. The van der Waals surface area contributed by atoms with Crippen LogP contribution in [0.15, 0.2) is 24.3 Å². The number of benzene rings is 1. The number of alkyl halides is 3. The van der Waals surface area contributed by atoms with Gasteiger partial charge in [0.1, 0.15) is 5.75 Å². The second-order valence-corrected chi connectivity index (χ2v) is 6.16. The monoisotopic (exact) mass is 347 g/mol. The van der Waals surface area contributed by atoms with E-state index in [1.165, 1.54) is 0 Å². The van der Waals surface area contributed by atoms with E-state index in [1.807, 2.05) is 24.3 Å². The van der Waals surface area contributed by atoms with Gasteiger partial charge in [0.15, 0.2) is 0 Å². The molecule has 4 nitrogen and oxygen atoms in total. The quantitative estimate of drug-likeness (QED) is 0.824. The fourth-order valence-electron chi connectivity index (χ4n) is 2.87. The Morgan fingerprint density at radius 1 is 1.29 bits per heavy atom. The van der Waals surface area contributed by atoms with Gasteiger partial charge in [0.2, 0.25) is 0 Å². The molecular weight excluding hydrogens is 323 g/mol. The first-order chi connectivity index (χ1) is 11.4. The molecule has 0 aliphatic carbocycles. The number of ether oxygens (including phenoxy) is 2. The van der Waals surface area contributed by atoms with Crippen LogP contribution in [0.1, 0.15) is 18.4 Å². The molecule has 0 aromatic heterocycles. The smallest absolute Gasteiger partial charge is 0.393 e. The number of likely N-dealkylation sites (tertiary alicyclic amines) is 1. The molecule has 0 unspecified atom stereocenters. The fraction of sp³-hybridized carbons (Fsp3) is 0.647. The fourth-order valence-corrected chi connectivity index (χ4v) is 2.87. The predicted octanol–water partition coefficient (Wildman–Crippen LogP) is 2.85. The maximum absolute atomic E-state index is 12.8. The van der Waals surface area contributed by atoms with Gasteiger partial charge in [-0.15, -0.1) is 0 Å². The Labute approximate surface area is 140 Å². The van der Waals surface area contributed by atoms with Gasteiger partial charge in [-0.3, -0.25) is 0 Å². The molecule has 24 heavy (non-hydrogen) atoms. The lowest BCUT2D eigenvalue weighted by Gasteiger charge is -2.34. The molecule has 1 aliphatic rings. The Morgan fingerprint density at radius 3 is 2.62 bits per heavy atom. The summed E-state index contributed by atoms with van der Waals surface area (Å²) in [6.07, 6.45) is -4.28. The van der Waals surface area contributed by atoms with Crippen molar-refractivity contribution in [1.82, 2.24) is 4.90 Å². The lowest BCUT2D eigenvalue weighted by Crippen LogP contribution is -2.45. The highest BCUT2D eigenvalue weighted by Gasteiger charge is 2.41. The molecule has 0 bridgehead atoms. The van der Waals surface area contributed by atoms with Gasteiger partial charge in [0.25, 0.3) is 0 Å². The first kappa shape index (κ1) is 19.0. The van der Waals surface area contributed by atoms with Crippen molar-refractivity contribution in [2.75, 3.05) is 33.4 Å². The molecule has 0 spiro atoms. The Bertz CT molecular complexity index is 493. The number of nitrogens with zero attached hydrogens (tertiary/aromatic N) is 1. The van der Waals surface area contributed by atoms with Gasteiger partial charge in [0.05, 0.1) is 32.3 Å². The summed E-state index contributed by atoms with van der Waals surface area (Å²) in [5, 5.41) is 9.98. The highest BCUT2D eigenvalue weighted by Crippen LogP contribution is 2.33. The zero-order valence-corrected chi connectivity index (χ0v) is 13.8. The van der Waals surface area contributed by atoms with Crippen LogP contribution in [0.4, 0.5) is 13.2 Å². The third kappa shape index (κ3) is 5.96. The van der Waals surface area contributed by atoms with Crippen molar-refractivity contribution >= 4 is 0 Å². The highest BCUT2D eigenvalue weighted by molar-refractivity contribution is 5.26. The molecular formula is C17H24F3NO3. The van der Waals surface area contributed by atoms with E-state index in [0.29, 0.717) is 19.6 Å². The largest absolute Gasteiger partial charge is 0.497 e. The lowest BCUT2D eigenvalue weighted by atomic mass is 9.97. The lowest BCUT2D eigenvalue weighted by molar-refractivity contribution is -0.187. The second kappa shape index (κ2) is 8.69. The number of hydrogen-bond donors (Lipinski definition) is 1. The van der Waals surface area contributed by atoms with Crippen molar-refractivity contribution in [3.8, 4) is 5.75 Å². The van der Waals surface area contributed by atoms with Crippen LogP contribution in [-0.4, -0.2) is 55.6 Å². The van der Waals surface area contributed by atoms with Crippen LogP contribution in [0.25, 0.3) is 0 Å². The number of rotatable bonds is 7. The van der Waals surface area contributed by atoms with Crippen molar-refractivity contribution in [3.63, 3.8) is 0 Å². The van der Waals surface area contributed by atoms with Crippen LogP contribution < -0.4 is 4.74 Å². The molecule has 7 heteroatoms. The van der Waals surface area contributed by atoms with Crippen molar-refractivity contribution in [2.45, 2.75) is 31.7 Å². The standard InChI is InChI=1S/C17H24F3NO3/c1-23-16-6-4-13(5-7-16)11-24-12-15(22)10-21-8-2-3-14(9-21)17(18,19)20/h4-7,14-15,22H,2-3,8-12H2,1H3/t14-,15-/m1/s1. The number of hydrogen-bond acceptors (Lipinski definition) is 4. The highest BCUT2D eigenvalue weighted by atomic mass is 19.4. The summed E-state index contributed by atoms with van der Waals surface area (Å²) < 4.78 is 48.8. The van der Waals surface area contributed by atoms with Gasteiger partial charge in [-0.05, 0) is 37.1 Å². The maximum atomic E-state index is 12.8. The summed E-state index contributed by atoms with van der Waals surface area (Å²) in [5.74, 6) is -0.540. The van der Waals surface area contributed by atoms with E-state index in [0.717, 1.165) is 11.3 Å². The number of aliphatic hydroxyl groups excluding tert-OH is 1. The zero-order chi connectivity index (χ0) is 17.6. The molecule has 0 radical (unpaired) electrons. The molecule has 1 fully saturated rings. The SMILES string of the molecule is COc1ccc(COC[C@H](O)CN2CCC[C@@H](C(F)(F)F)C2)cc1. The summed E-state index contributed by atoms with van der Waals surface area (Å²) in [7, 11) is 1.59. The zero-order valence-electron chi connectivity index (χ0n) is 13.8. The maximum Gasteiger partial charge on any atom is 0.393 e. The Kier molecular flexibility index (Phi) is 6.89. The van der Waals surface area contributed by atoms with Crippen molar-refractivity contribution in [1.29, 1.82) is 0 Å². The summed E-state index contributed by atoms with van der Waals surface area (Å²) in [6.45, 7) is 1.18. The van der Waals surface area contributed by atoms with Crippen LogP contribution in [0.3, 0.4) is 0 Å². The van der Waals surface area contributed by atoms with E-state index in [9.17, 15) is 18.3 Å². The second-order valence-electron chi connectivity index (χ2n) is 6.16. The predicted molar refractivity (Wildman–Crippen MR) is 83.9 cm³/mol. The third-order valence-corrected chi connectivity index (χ3v) is 4.18. The van der Waals surface area contributed by atoms with Crippen LogP contribution in [0, 0.1) is 5.92 Å². The van der Waals surface area contributed by atoms with Gasteiger partial charge in [0, 0.05) is 13.1 Å². The van der Waals surface area contributed by atoms with E-state index in [1.54, 1.807) is 12.0 Å². The van der Waals surface area contributed by atoms with Gasteiger partial charge in [-0.25, -0.2) is 0 Å². The van der Waals surface area contributed by atoms with Gasteiger partial charge in [-0.1, -0.05) is 12.1 Å². The van der Waals surface area contributed by atoms with Crippen LogP contribution in [-0.2, 0) is 11.3 Å². The molecule has 1 saturated heterocycles.